The number of aliphatic hydroxyl groups is 1. The maximum atomic E-state index is 14.4. The Morgan fingerprint density at radius 1 is 1.32 bits per heavy atom. The topological polar surface area (TPSA) is 90.7 Å². The second-order valence-electron chi connectivity index (χ2n) is 8.34. The summed E-state index contributed by atoms with van der Waals surface area (Å²) in [6.07, 6.45) is 0.439. The van der Waals surface area contributed by atoms with Crippen LogP contribution in [0.15, 0.2) is 12.1 Å². The summed E-state index contributed by atoms with van der Waals surface area (Å²) in [5.74, 6) is -1.83. The van der Waals surface area contributed by atoms with Crippen molar-refractivity contribution in [2.24, 2.45) is 5.92 Å². The number of aliphatic hydroxyl groups excluding tert-OH is 1. The van der Waals surface area contributed by atoms with Crippen molar-refractivity contribution >= 4 is 17.6 Å². The number of rotatable bonds is 2. The van der Waals surface area contributed by atoms with Gasteiger partial charge in [0.05, 0.1) is 17.9 Å². The number of aromatic nitrogens is 2. The summed E-state index contributed by atoms with van der Waals surface area (Å²) >= 11 is 0. The van der Waals surface area contributed by atoms with Crippen LogP contribution in [-0.2, 0) is 19.5 Å². The molecule has 0 saturated carbocycles. The number of amides is 3. The highest BCUT2D eigenvalue weighted by molar-refractivity contribution is 5.95. The van der Waals surface area contributed by atoms with Crippen LogP contribution in [0.3, 0.4) is 0 Å². The van der Waals surface area contributed by atoms with Gasteiger partial charge in [-0.25, -0.2) is 13.6 Å². The van der Waals surface area contributed by atoms with Crippen LogP contribution in [0, 0.1) is 24.5 Å². The third-order valence-corrected chi connectivity index (χ3v) is 6.08. The van der Waals surface area contributed by atoms with E-state index in [-0.39, 0.29) is 42.3 Å². The zero-order chi connectivity index (χ0) is 22.4. The number of nitrogens with one attached hydrogen (secondary N) is 1. The van der Waals surface area contributed by atoms with Gasteiger partial charge in [-0.1, -0.05) is 0 Å². The summed E-state index contributed by atoms with van der Waals surface area (Å²) in [5, 5.41) is 16.7. The molecule has 2 unspecified atom stereocenters. The number of carbonyl (C=O) groups excluding carboxylic acids is 2. The van der Waals surface area contributed by atoms with Gasteiger partial charge in [0.2, 0.25) is 0 Å². The average molecular weight is 433 g/mol. The molecular weight excluding hydrogens is 408 g/mol. The van der Waals surface area contributed by atoms with Crippen molar-refractivity contribution in [3.8, 4) is 0 Å². The van der Waals surface area contributed by atoms with E-state index < -0.39 is 17.7 Å². The second kappa shape index (κ2) is 7.92. The van der Waals surface area contributed by atoms with Crippen molar-refractivity contribution in [1.82, 2.24) is 19.6 Å². The van der Waals surface area contributed by atoms with Crippen LogP contribution < -0.4 is 5.32 Å². The van der Waals surface area contributed by atoms with Crippen molar-refractivity contribution in [3.63, 3.8) is 0 Å². The van der Waals surface area contributed by atoms with E-state index in [9.17, 15) is 23.5 Å². The lowest BCUT2D eigenvalue weighted by molar-refractivity contribution is 0.0761. The van der Waals surface area contributed by atoms with Crippen molar-refractivity contribution in [1.29, 1.82) is 0 Å². The molecule has 31 heavy (non-hydrogen) atoms. The first-order valence-electron chi connectivity index (χ1n) is 10.2. The Labute approximate surface area is 178 Å². The number of anilines is 1. The van der Waals surface area contributed by atoms with Crippen molar-refractivity contribution in [3.05, 3.63) is 46.3 Å². The number of urea groups is 1. The molecule has 2 aromatic rings. The average Bonchev–Trinajstić information content (AvgIpc) is 3.02. The number of halogens is 2. The molecule has 166 valence electrons. The first-order chi connectivity index (χ1) is 14.7. The summed E-state index contributed by atoms with van der Waals surface area (Å²) in [6, 6.07) is 1.52. The van der Waals surface area contributed by atoms with Gasteiger partial charge in [0.25, 0.3) is 5.91 Å². The SMILES string of the molecule is Cc1c(F)ccc(NC(=O)N2Cc3c(nn4c3C(=O)N(C)CC(CO)C4)CC2C)c1F. The number of hydrogen-bond donors (Lipinski definition) is 2. The Hall–Kier alpha value is -3.01. The van der Waals surface area contributed by atoms with Gasteiger partial charge in [-0.2, -0.15) is 5.10 Å². The van der Waals surface area contributed by atoms with Gasteiger partial charge < -0.3 is 20.2 Å². The molecule has 0 spiro atoms. The van der Waals surface area contributed by atoms with Crippen LogP contribution in [-0.4, -0.2) is 62.9 Å². The first-order valence-corrected chi connectivity index (χ1v) is 10.2. The highest BCUT2D eigenvalue weighted by Gasteiger charge is 2.37. The minimum atomic E-state index is -0.815. The number of fused-ring (bicyclic) bond motifs is 3. The van der Waals surface area contributed by atoms with Gasteiger partial charge in [0.15, 0.2) is 5.82 Å². The molecule has 0 saturated heterocycles. The normalized spacial score (nSPS) is 20.9. The van der Waals surface area contributed by atoms with Crippen molar-refractivity contribution in [2.75, 3.05) is 25.5 Å². The van der Waals surface area contributed by atoms with Crippen LogP contribution in [0.2, 0.25) is 0 Å². The van der Waals surface area contributed by atoms with Crippen LogP contribution in [0.1, 0.15) is 34.2 Å². The molecule has 2 atom stereocenters. The number of carbonyl (C=O) groups is 2. The summed E-state index contributed by atoms with van der Waals surface area (Å²) < 4.78 is 29.5. The third-order valence-electron chi connectivity index (χ3n) is 6.08. The maximum Gasteiger partial charge on any atom is 0.322 e. The van der Waals surface area contributed by atoms with Gasteiger partial charge in [-0.3, -0.25) is 9.48 Å². The van der Waals surface area contributed by atoms with Crippen LogP contribution in [0.4, 0.5) is 19.3 Å². The maximum absolute atomic E-state index is 14.4. The predicted molar refractivity (Wildman–Crippen MR) is 109 cm³/mol. The van der Waals surface area contributed by atoms with E-state index in [0.29, 0.717) is 30.8 Å². The molecule has 3 heterocycles. The van der Waals surface area contributed by atoms with Gasteiger partial charge in [-0.05, 0) is 26.0 Å². The second-order valence-corrected chi connectivity index (χ2v) is 8.34. The Balaban J connectivity index is 1.63. The zero-order valence-electron chi connectivity index (χ0n) is 17.7. The smallest absolute Gasteiger partial charge is 0.322 e. The Morgan fingerprint density at radius 3 is 2.77 bits per heavy atom. The minimum absolute atomic E-state index is 0.0603. The van der Waals surface area contributed by atoms with Gasteiger partial charge in [0, 0.05) is 56.3 Å². The molecule has 0 bridgehead atoms. The molecule has 0 aliphatic carbocycles. The lowest BCUT2D eigenvalue weighted by Gasteiger charge is -2.33. The largest absolute Gasteiger partial charge is 0.396 e. The molecule has 1 aromatic heterocycles. The number of benzene rings is 1. The van der Waals surface area contributed by atoms with E-state index in [2.05, 4.69) is 10.4 Å². The highest BCUT2D eigenvalue weighted by atomic mass is 19.1. The molecule has 2 aliphatic heterocycles. The van der Waals surface area contributed by atoms with E-state index in [1.165, 1.54) is 17.9 Å². The van der Waals surface area contributed by atoms with Crippen LogP contribution >= 0.6 is 0 Å². The van der Waals surface area contributed by atoms with E-state index in [1.807, 2.05) is 6.92 Å². The van der Waals surface area contributed by atoms with Gasteiger partial charge >= 0.3 is 6.03 Å². The highest BCUT2D eigenvalue weighted by Crippen LogP contribution is 2.30. The number of hydrogen-bond acceptors (Lipinski definition) is 4. The lowest BCUT2D eigenvalue weighted by atomic mass is 9.99. The Bertz CT molecular complexity index is 1050. The quantitative estimate of drug-likeness (QED) is 0.759. The fourth-order valence-corrected chi connectivity index (χ4v) is 4.25. The zero-order valence-corrected chi connectivity index (χ0v) is 17.7. The molecular formula is C21H25F2N5O3. The molecule has 1 aromatic carbocycles. The molecule has 3 amide bonds. The Morgan fingerprint density at radius 2 is 2.06 bits per heavy atom. The van der Waals surface area contributed by atoms with Crippen LogP contribution in [0.25, 0.3) is 0 Å². The molecule has 0 fully saturated rings. The summed E-state index contributed by atoms with van der Waals surface area (Å²) in [4.78, 5) is 29.0. The molecule has 2 N–H and O–H groups in total. The van der Waals surface area contributed by atoms with Gasteiger partial charge in [0.1, 0.15) is 11.5 Å². The summed E-state index contributed by atoms with van der Waals surface area (Å²) in [6.45, 7) is 4.06. The molecule has 2 aliphatic rings. The minimum Gasteiger partial charge on any atom is -0.396 e. The lowest BCUT2D eigenvalue weighted by Crippen LogP contribution is -2.45. The van der Waals surface area contributed by atoms with Crippen molar-refractivity contribution in [2.45, 2.75) is 39.4 Å². The van der Waals surface area contributed by atoms with Crippen LogP contribution in [0.5, 0.6) is 0 Å². The Kier molecular flexibility index (Phi) is 5.42. The van der Waals surface area contributed by atoms with Gasteiger partial charge in [-0.15, -0.1) is 0 Å². The molecule has 8 nitrogen and oxygen atoms in total. The molecule has 0 radical (unpaired) electrons. The van der Waals surface area contributed by atoms with E-state index in [4.69, 9.17) is 0 Å². The number of nitrogens with zero attached hydrogens (tertiary/aromatic N) is 4. The van der Waals surface area contributed by atoms with E-state index in [1.54, 1.807) is 16.6 Å². The fourth-order valence-electron chi connectivity index (χ4n) is 4.25. The van der Waals surface area contributed by atoms with E-state index >= 15 is 0 Å². The molecule has 10 heteroatoms. The predicted octanol–water partition coefficient (Wildman–Crippen LogP) is 2.14. The van der Waals surface area contributed by atoms with Crippen molar-refractivity contribution < 1.29 is 23.5 Å². The summed E-state index contributed by atoms with van der Waals surface area (Å²) in [7, 11) is 1.68. The first kappa shape index (κ1) is 21.2. The summed E-state index contributed by atoms with van der Waals surface area (Å²) in [5.41, 5.74) is 1.57. The molecule has 4 rings (SSSR count). The standard InChI is InChI=1S/C21H25F2N5O3/c1-11-6-17-14(19-20(30)26(3)7-13(10-29)8-28(19)25-17)9-27(11)21(31)24-16-5-4-15(22)12(2)18(16)23/h4-5,11,13,29H,6-10H2,1-3H3,(H,24,31). The third kappa shape index (κ3) is 3.65. The fraction of sp³-hybridized carbons (Fsp3) is 0.476. The monoisotopic (exact) mass is 433 g/mol. The van der Waals surface area contributed by atoms with E-state index in [0.717, 1.165) is 11.8 Å².